The number of nitrogens with one attached hydrogen (secondary N) is 1. The van der Waals surface area contributed by atoms with Crippen LogP contribution in [0.3, 0.4) is 0 Å². The Kier molecular flexibility index (Phi) is 5.98. The molecule has 148 valence electrons. The number of nitrogens with zero attached hydrogens (tertiary/aromatic N) is 3. The molecule has 0 amide bonds. The largest absolute Gasteiger partial charge is 0.493 e. The summed E-state index contributed by atoms with van der Waals surface area (Å²) in [5, 5.41) is 5.85. The zero-order valence-electron chi connectivity index (χ0n) is 15.5. The molecule has 0 atom stereocenters. The van der Waals surface area contributed by atoms with Crippen LogP contribution in [0.1, 0.15) is 19.8 Å². The highest BCUT2D eigenvalue weighted by atomic mass is 32.2. The van der Waals surface area contributed by atoms with Gasteiger partial charge >= 0.3 is 0 Å². The highest BCUT2D eigenvalue weighted by molar-refractivity contribution is 7.87. The van der Waals surface area contributed by atoms with E-state index in [0.29, 0.717) is 30.6 Å². The van der Waals surface area contributed by atoms with Crippen molar-refractivity contribution in [2.75, 3.05) is 38.3 Å². The molecule has 0 radical (unpaired) electrons. The standard InChI is InChI=1S/C17H25N5O4S/c1-3-6-26-16-7-13-14(8-15(16)25-2)19-11-20-17(13)22-9-12(10-22)4-5-21-27(18,23)24/h7-8,11-12,21H,3-6,9-10H2,1-2H3,(H2,18,23,24). The molecule has 0 spiro atoms. The van der Waals surface area contributed by atoms with Crippen LogP contribution in [0.2, 0.25) is 0 Å². The van der Waals surface area contributed by atoms with Crippen molar-refractivity contribution in [1.82, 2.24) is 14.7 Å². The lowest BCUT2D eigenvalue weighted by atomic mass is 9.96. The van der Waals surface area contributed by atoms with Gasteiger partial charge in [-0.1, -0.05) is 6.92 Å². The molecular formula is C17H25N5O4S. The smallest absolute Gasteiger partial charge is 0.274 e. The Balaban J connectivity index is 1.73. The summed E-state index contributed by atoms with van der Waals surface area (Å²) in [5.74, 6) is 2.56. The van der Waals surface area contributed by atoms with Crippen molar-refractivity contribution in [3.8, 4) is 11.5 Å². The van der Waals surface area contributed by atoms with Gasteiger partial charge in [-0.25, -0.2) is 19.8 Å². The summed E-state index contributed by atoms with van der Waals surface area (Å²) in [7, 11) is -2.02. The summed E-state index contributed by atoms with van der Waals surface area (Å²) in [6.07, 6.45) is 3.17. The van der Waals surface area contributed by atoms with Gasteiger partial charge in [0, 0.05) is 31.1 Å². The van der Waals surface area contributed by atoms with Gasteiger partial charge in [-0.05, 0) is 24.8 Å². The van der Waals surface area contributed by atoms with E-state index in [4.69, 9.17) is 14.6 Å². The molecule has 1 aliphatic heterocycles. The lowest BCUT2D eigenvalue weighted by Gasteiger charge is -2.40. The second-order valence-electron chi connectivity index (χ2n) is 6.56. The molecule has 1 aliphatic rings. The predicted molar refractivity (Wildman–Crippen MR) is 103 cm³/mol. The maximum absolute atomic E-state index is 10.9. The van der Waals surface area contributed by atoms with Gasteiger partial charge in [-0.3, -0.25) is 0 Å². The van der Waals surface area contributed by atoms with E-state index in [1.54, 1.807) is 13.4 Å². The van der Waals surface area contributed by atoms with E-state index in [0.717, 1.165) is 42.7 Å². The second kappa shape index (κ2) is 8.24. The van der Waals surface area contributed by atoms with Crippen molar-refractivity contribution in [1.29, 1.82) is 0 Å². The number of methoxy groups -OCH3 is 1. The van der Waals surface area contributed by atoms with Crippen molar-refractivity contribution in [2.45, 2.75) is 19.8 Å². The Morgan fingerprint density at radius 3 is 2.74 bits per heavy atom. The van der Waals surface area contributed by atoms with Crippen LogP contribution in [-0.2, 0) is 10.2 Å². The summed E-state index contributed by atoms with van der Waals surface area (Å²) in [6, 6.07) is 3.79. The average Bonchev–Trinajstić information content (AvgIpc) is 2.59. The molecule has 1 saturated heterocycles. The third-order valence-corrected chi connectivity index (χ3v) is 5.08. The molecule has 3 N–H and O–H groups in total. The highest BCUT2D eigenvalue weighted by Crippen LogP contribution is 2.37. The van der Waals surface area contributed by atoms with Gasteiger partial charge < -0.3 is 14.4 Å². The van der Waals surface area contributed by atoms with Crippen LogP contribution in [0.4, 0.5) is 5.82 Å². The van der Waals surface area contributed by atoms with Crippen molar-refractivity contribution < 1.29 is 17.9 Å². The topological polar surface area (TPSA) is 120 Å². The first-order valence-electron chi connectivity index (χ1n) is 8.89. The third kappa shape index (κ3) is 4.76. The van der Waals surface area contributed by atoms with E-state index >= 15 is 0 Å². The van der Waals surface area contributed by atoms with Gasteiger partial charge in [0.25, 0.3) is 10.2 Å². The first kappa shape index (κ1) is 19.6. The van der Waals surface area contributed by atoms with Gasteiger partial charge in [0.1, 0.15) is 12.1 Å². The lowest BCUT2D eigenvalue weighted by molar-refractivity contribution is 0.295. The number of rotatable bonds is 9. The Bertz CT molecular complexity index is 900. The molecule has 27 heavy (non-hydrogen) atoms. The number of anilines is 1. The van der Waals surface area contributed by atoms with Crippen LogP contribution >= 0.6 is 0 Å². The molecule has 1 aromatic carbocycles. The second-order valence-corrected chi connectivity index (χ2v) is 7.94. The molecule has 2 heterocycles. The van der Waals surface area contributed by atoms with Crippen molar-refractivity contribution in [3.05, 3.63) is 18.5 Å². The summed E-state index contributed by atoms with van der Waals surface area (Å²) in [4.78, 5) is 10.9. The minimum Gasteiger partial charge on any atom is -0.493 e. The van der Waals surface area contributed by atoms with Crippen LogP contribution in [0.5, 0.6) is 11.5 Å². The molecule has 1 fully saturated rings. The number of fused-ring (bicyclic) bond motifs is 1. The molecule has 0 aliphatic carbocycles. The first-order chi connectivity index (χ1) is 12.9. The Hall–Kier alpha value is -2.17. The predicted octanol–water partition coefficient (Wildman–Crippen LogP) is 1.05. The molecule has 3 rings (SSSR count). The normalized spacial score (nSPS) is 15.0. The molecular weight excluding hydrogens is 370 g/mol. The van der Waals surface area contributed by atoms with Gasteiger partial charge in [0.15, 0.2) is 11.5 Å². The van der Waals surface area contributed by atoms with Gasteiger partial charge in [0.05, 0.1) is 19.2 Å². The first-order valence-corrected chi connectivity index (χ1v) is 10.4. The molecule has 0 saturated carbocycles. The number of nitrogens with two attached hydrogens (primary N) is 1. The molecule has 2 aromatic rings. The molecule has 0 bridgehead atoms. The van der Waals surface area contributed by atoms with Gasteiger partial charge in [-0.2, -0.15) is 8.42 Å². The number of hydrogen-bond donors (Lipinski definition) is 2. The van der Waals surface area contributed by atoms with Crippen molar-refractivity contribution in [3.63, 3.8) is 0 Å². The maximum Gasteiger partial charge on any atom is 0.274 e. The summed E-state index contributed by atoms with van der Waals surface area (Å²) >= 11 is 0. The summed E-state index contributed by atoms with van der Waals surface area (Å²) < 4.78 is 35.4. The monoisotopic (exact) mass is 395 g/mol. The SMILES string of the molecule is CCCOc1cc2c(N3CC(CCNS(N)(=O)=O)C3)ncnc2cc1OC. The van der Waals surface area contributed by atoms with Crippen LogP contribution in [0.25, 0.3) is 10.9 Å². The quantitative estimate of drug-likeness (QED) is 0.651. The Morgan fingerprint density at radius 1 is 1.30 bits per heavy atom. The fourth-order valence-electron chi connectivity index (χ4n) is 3.12. The highest BCUT2D eigenvalue weighted by Gasteiger charge is 2.29. The molecule has 1 aromatic heterocycles. The van der Waals surface area contributed by atoms with E-state index in [9.17, 15) is 8.42 Å². The van der Waals surface area contributed by atoms with E-state index in [2.05, 4.69) is 19.6 Å². The molecule has 9 nitrogen and oxygen atoms in total. The van der Waals surface area contributed by atoms with Crippen molar-refractivity contribution >= 4 is 26.9 Å². The van der Waals surface area contributed by atoms with Crippen LogP contribution in [-0.4, -0.2) is 51.7 Å². The van der Waals surface area contributed by atoms with Gasteiger partial charge in [-0.15, -0.1) is 0 Å². The maximum atomic E-state index is 10.9. The summed E-state index contributed by atoms with van der Waals surface area (Å²) in [5.41, 5.74) is 0.792. The van der Waals surface area contributed by atoms with E-state index in [1.807, 2.05) is 19.1 Å². The Morgan fingerprint density at radius 2 is 2.07 bits per heavy atom. The third-order valence-electron chi connectivity index (χ3n) is 4.47. The Labute approximate surface area is 159 Å². The average molecular weight is 395 g/mol. The molecule has 10 heteroatoms. The van der Waals surface area contributed by atoms with Crippen LogP contribution in [0.15, 0.2) is 18.5 Å². The van der Waals surface area contributed by atoms with E-state index in [1.165, 1.54) is 0 Å². The van der Waals surface area contributed by atoms with Crippen molar-refractivity contribution in [2.24, 2.45) is 11.1 Å². The minimum atomic E-state index is -3.63. The molecule has 0 unspecified atom stereocenters. The summed E-state index contributed by atoms with van der Waals surface area (Å²) in [6.45, 7) is 4.60. The van der Waals surface area contributed by atoms with Gasteiger partial charge in [0.2, 0.25) is 0 Å². The number of aromatic nitrogens is 2. The van der Waals surface area contributed by atoms with E-state index in [-0.39, 0.29) is 0 Å². The zero-order valence-corrected chi connectivity index (χ0v) is 16.3. The van der Waals surface area contributed by atoms with Crippen LogP contribution < -0.4 is 24.2 Å². The lowest BCUT2D eigenvalue weighted by Crippen LogP contribution is -2.48. The number of ether oxygens (including phenoxy) is 2. The zero-order chi connectivity index (χ0) is 19.4. The van der Waals surface area contributed by atoms with Crippen LogP contribution in [0, 0.1) is 5.92 Å². The number of hydrogen-bond acceptors (Lipinski definition) is 7. The minimum absolute atomic E-state index is 0.341. The van der Waals surface area contributed by atoms with E-state index < -0.39 is 10.2 Å². The fraction of sp³-hybridized carbons (Fsp3) is 0.529. The number of benzene rings is 1. The fourth-order valence-corrected chi connectivity index (χ4v) is 3.52.